The molecule has 0 bridgehead atoms. The summed E-state index contributed by atoms with van der Waals surface area (Å²) < 4.78 is 0. The van der Waals surface area contributed by atoms with E-state index in [9.17, 15) is 0 Å². The first-order valence-corrected chi connectivity index (χ1v) is 1.99. The Morgan fingerprint density at radius 3 is 1.00 bits per heavy atom. The Morgan fingerprint density at radius 1 is 1.00 bits per heavy atom. The highest BCUT2D eigenvalue weighted by molar-refractivity contribution is 3.80. The molecule has 3 heteroatoms. The van der Waals surface area contributed by atoms with Crippen molar-refractivity contribution in [1.29, 1.82) is 0 Å². The molecule has 0 aliphatic heterocycles. The summed E-state index contributed by atoms with van der Waals surface area (Å²) in [6.07, 6.45) is 0. The van der Waals surface area contributed by atoms with Crippen molar-refractivity contribution < 1.29 is 15.7 Å². The molecular formula is C4H10O3. The zero-order valence-electron chi connectivity index (χ0n) is 4.64. The third kappa shape index (κ3) is 6150. The maximum Gasteiger partial charge on any atom is 2.00 e. The molecule has 0 rings (SSSR count). The number of hydrogen-bond donors (Lipinski definition) is 0. The van der Waals surface area contributed by atoms with Gasteiger partial charge in [-0.25, -0.2) is 0 Å². The first-order valence-electron chi connectivity index (χ1n) is 1.99. The third-order valence-corrected chi connectivity index (χ3v) is 0. The standard InChI is InChI=1S/2C2H5O.O/c2*1-2-3;/h2*2H2,1H3;/q2*-1;+2. The Morgan fingerprint density at radius 2 is 1.00 bits per heavy atom. The minimum Gasteiger partial charge on any atom is -0.855 e. The van der Waals surface area contributed by atoms with Gasteiger partial charge in [-0.1, -0.05) is 13.8 Å². The summed E-state index contributed by atoms with van der Waals surface area (Å²) in [5.74, 6) is 0. The van der Waals surface area contributed by atoms with Gasteiger partial charge < -0.3 is 10.2 Å². The van der Waals surface area contributed by atoms with E-state index in [0.717, 1.165) is 0 Å². The summed E-state index contributed by atoms with van der Waals surface area (Å²) in [6, 6.07) is 0. The van der Waals surface area contributed by atoms with E-state index in [0.29, 0.717) is 0 Å². The van der Waals surface area contributed by atoms with Gasteiger partial charge in [-0.2, -0.15) is 0 Å². The molecule has 0 fully saturated rings. The molecular weight excluding hydrogens is 96.0 g/mol. The van der Waals surface area contributed by atoms with Gasteiger partial charge in [-0.3, -0.25) is 0 Å². The Hall–Kier alpha value is -0.120. The van der Waals surface area contributed by atoms with Crippen LogP contribution in [0.1, 0.15) is 13.8 Å². The first kappa shape index (κ1) is 15.8. The van der Waals surface area contributed by atoms with Crippen molar-refractivity contribution in [3.05, 3.63) is 0 Å². The summed E-state index contributed by atoms with van der Waals surface area (Å²) in [4.78, 5) is 0. The van der Waals surface area contributed by atoms with Gasteiger partial charge in [0.25, 0.3) is 0 Å². The Kier molecular flexibility index (Phi) is 89.4. The van der Waals surface area contributed by atoms with Crippen molar-refractivity contribution in [3.63, 3.8) is 0 Å². The fraction of sp³-hybridized carbons (Fsp3) is 1.00. The molecule has 4 radical (unpaired) electrons. The second-order valence-electron chi connectivity index (χ2n) is 0.577. The molecule has 0 unspecified atom stereocenters. The second kappa shape index (κ2) is 39.6. The lowest BCUT2D eigenvalue weighted by Gasteiger charge is -1.79. The minimum absolute atomic E-state index is 0. The van der Waals surface area contributed by atoms with Gasteiger partial charge in [-0.05, 0) is 0 Å². The van der Waals surface area contributed by atoms with Crippen LogP contribution in [0.25, 0.3) is 0 Å². The molecule has 0 saturated heterocycles. The van der Waals surface area contributed by atoms with Crippen molar-refractivity contribution in [2.45, 2.75) is 13.8 Å². The van der Waals surface area contributed by atoms with Crippen LogP contribution in [-0.4, -0.2) is 13.2 Å². The van der Waals surface area contributed by atoms with Crippen molar-refractivity contribution >= 4 is 0 Å². The van der Waals surface area contributed by atoms with E-state index in [1.165, 1.54) is 0 Å². The molecule has 0 aromatic heterocycles. The van der Waals surface area contributed by atoms with Crippen LogP contribution >= 0.6 is 0 Å². The maximum atomic E-state index is 8.93. The lowest BCUT2D eigenvalue weighted by Crippen LogP contribution is -1.97. The zero-order valence-corrected chi connectivity index (χ0v) is 4.64. The molecule has 44 valence electrons. The molecule has 0 spiro atoms. The van der Waals surface area contributed by atoms with Gasteiger partial charge in [0.05, 0.1) is 0 Å². The minimum atomic E-state index is 0. The van der Waals surface area contributed by atoms with Crippen LogP contribution in [0, 0.1) is 0 Å². The summed E-state index contributed by atoms with van der Waals surface area (Å²) in [6.45, 7) is 3.14. The average Bonchev–Trinajstić information content (AvgIpc) is 1.39. The van der Waals surface area contributed by atoms with Gasteiger partial charge in [0.15, 0.2) is 0 Å². The average molecular weight is 106 g/mol. The molecule has 0 aliphatic rings. The van der Waals surface area contributed by atoms with Gasteiger partial charge >= 0.3 is 5.48 Å². The molecule has 0 N–H and O–H groups in total. The van der Waals surface area contributed by atoms with E-state index in [4.69, 9.17) is 10.2 Å². The Labute approximate surface area is 43.9 Å². The monoisotopic (exact) mass is 106 g/mol. The van der Waals surface area contributed by atoms with Crippen LogP contribution in [0.15, 0.2) is 0 Å². The lowest BCUT2D eigenvalue weighted by molar-refractivity contribution is -0.362. The summed E-state index contributed by atoms with van der Waals surface area (Å²) in [5, 5.41) is 17.9. The number of rotatable bonds is 0. The fourth-order valence-electron chi connectivity index (χ4n) is 0. The predicted octanol–water partition coefficient (Wildman–Crippen LogP) is -1.39. The van der Waals surface area contributed by atoms with E-state index in [1.807, 2.05) is 0 Å². The Bertz CT molecular complexity index is 8.90. The van der Waals surface area contributed by atoms with Crippen LogP contribution < -0.4 is 10.2 Å². The predicted molar refractivity (Wildman–Crippen MR) is 21.8 cm³/mol. The summed E-state index contributed by atoms with van der Waals surface area (Å²) in [7, 11) is 0. The van der Waals surface area contributed by atoms with E-state index in [2.05, 4.69) is 0 Å². The molecule has 7 heavy (non-hydrogen) atoms. The lowest BCUT2D eigenvalue weighted by atomic mass is 10.9. The topological polar surface area (TPSA) is 74.6 Å². The van der Waals surface area contributed by atoms with Crippen molar-refractivity contribution in [2.75, 3.05) is 13.2 Å². The molecule has 3 nitrogen and oxygen atoms in total. The smallest absolute Gasteiger partial charge is 0.855 e. The second-order valence-corrected chi connectivity index (χ2v) is 0.577. The molecule has 0 amide bonds. The van der Waals surface area contributed by atoms with Gasteiger partial charge in [0.2, 0.25) is 0 Å². The highest BCUT2D eigenvalue weighted by atomic mass is 16.3. The quantitative estimate of drug-likeness (QED) is 0.381. The third-order valence-electron chi connectivity index (χ3n) is 0. The van der Waals surface area contributed by atoms with Crippen LogP contribution in [0.3, 0.4) is 0 Å². The maximum absolute atomic E-state index is 8.93. The molecule has 0 atom stereocenters. The van der Waals surface area contributed by atoms with Crippen LogP contribution in [0.4, 0.5) is 0 Å². The van der Waals surface area contributed by atoms with Crippen LogP contribution in [-0.2, 0) is 5.48 Å². The van der Waals surface area contributed by atoms with Crippen molar-refractivity contribution in [1.82, 2.24) is 0 Å². The molecule has 0 aromatic rings. The fourth-order valence-corrected chi connectivity index (χ4v) is 0. The van der Waals surface area contributed by atoms with Gasteiger partial charge in [0, 0.05) is 0 Å². The van der Waals surface area contributed by atoms with Gasteiger partial charge in [-0.15, -0.1) is 13.2 Å². The van der Waals surface area contributed by atoms with Crippen LogP contribution in [0.2, 0.25) is 0 Å². The SMILES string of the molecule is CC[O-].CC[O-].[O+2]. The molecule has 0 heterocycles. The van der Waals surface area contributed by atoms with E-state index >= 15 is 0 Å². The highest BCUT2D eigenvalue weighted by Crippen LogP contribution is 1.18. The van der Waals surface area contributed by atoms with Gasteiger partial charge in [0.1, 0.15) is 0 Å². The summed E-state index contributed by atoms with van der Waals surface area (Å²) >= 11 is 0. The zero-order chi connectivity index (χ0) is 5.41. The van der Waals surface area contributed by atoms with Crippen LogP contribution in [0.5, 0.6) is 0 Å². The largest absolute Gasteiger partial charge is 2.00 e. The molecule has 0 aliphatic carbocycles. The van der Waals surface area contributed by atoms with E-state index < -0.39 is 0 Å². The molecule has 0 saturated carbocycles. The highest BCUT2D eigenvalue weighted by Gasteiger charge is 2.00. The molecule has 0 aromatic carbocycles. The first-order chi connectivity index (χ1) is 2.83. The summed E-state index contributed by atoms with van der Waals surface area (Å²) in [5.41, 5.74) is 0. The Balaban J connectivity index is -0.0000000400. The van der Waals surface area contributed by atoms with E-state index in [-0.39, 0.29) is 18.7 Å². The number of hydrogen-bond acceptors (Lipinski definition) is 2. The van der Waals surface area contributed by atoms with E-state index in [1.54, 1.807) is 13.8 Å². The normalized spacial score (nSPS) is 5.14. The van der Waals surface area contributed by atoms with Crippen molar-refractivity contribution in [2.24, 2.45) is 0 Å². The van der Waals surface area contributed by atoms with Crippen molar-refractivity contribution in [3.8, 4) is 0 Å².